The average molecular weight is 327 g/mol. The molecule has 1 aromatic carbocycles. The van der Waals surface area contributed by atoms with Crippen molar-refractivity contribution in [3.8, 4) is 6.07 Å². The summed E-state index contributed by atoms with van der Waals surface area (Å²) in [5.74, 6) is 0. The largest absolute Gasteiger partial charge is 0.416 e. The Kier molecular flexibility index (Phi) is 3.57. The highest BCUT2D eigenvalue weighted by molar-refractivity contribution is 14.1. The van der Waals surface area contributed by atoms with E-state index in [-0.39, 0.29) is 11.1 Å². The van der Waals surface area contributed by atoms with E-state index in [0.29, 0.717) is 3.57 Å². The fourth-order valence-corrected chi connectivity index (χ4v) is 1.80. The zero-order valence-corrected chi connectivity index (χ0v) is 9.43. The first kappa shape index (κ1) is 12.3. The number of benzene rings is 1. The van der Waals surface area contributed by atoms with Crippen LogP contribution in [0.2, 0.25) is 0 Å². The molecule has 80 valence electrons. The smallest absolute Gasteiger partial charge is 0.392 e. The molecule has 0 aliphatic heterocycles. The Balaban J connectivity index is 3.51. The van der Waals surface area contributed by atoms with Crippen LogP contribution in [0.15, 0.2) is 12.1 Å². The van der Waals surface area contributed by atoms with Gasteiger partial charge in [0.2, 0.25) is 0 Å². The van der Waals surface area contributed by atoms with Gasteiger partial charge < -0.3 is 5.11 Å². The van der Waals surface area contributed by atoms with E-state index in [9.17, 15) is 13.2 Å². The number of alkyl halides is 3. The first-order chi connectivity index (χ1) is 6.91. The van der Waals surface area contributed by atoms with Gasteiger partial charge in [0.1, 0.15) is 6.07 Å². The lowest BCUT2D eigenvalue weighted by Crippen LogP contribution is -2.11. The van der Waals surface area contributed by atoms with Crippen LogP contribution in [0.25, 0.3) is 0 Å². The lowest BCUT2D eigenvalue weighted by Gasteiger charge is -2.13. The normalized spacial score (nSPS) is 11.2. The zero-order chi connectivity index (χ0) is 11.6. The molecule has 0 spiro atoms. The highest BCUT2D eigenvalue weighted by Gasteiger charge is 2.34. The van der Waals surface area contributed by atoms with Crippen LogP contribution in [0.3, 0.4) is 0 Å². The van der Waals surface area contributed by atoms with E-state index in [1.54, 1.807) is 28.7 Å². The standard InChI is InChI=1S/C9H5F3INO/c10-9(11,12)7-1-2-8(13)5(3-14)6(7)4-15/h1-2,15H,4H2. The molecule has 1 N–H and O–H groups in total. The molecule has 0 saturated heterocycles. The van der Waals surface area contributed by atoms with Crippen LogP contribution >= 0.6 is 22.6 Å². The fourth-order valence-electron chi connectivity index (χ4n) is 1.17. The number of rotatable bonds is 1. The minimum atomic E-state index is -4.55. The molecular weight excluding hydrogens is 322 g/mol. The van der Waals surface area contributed by atoms with Crippen LogP contribution < -0.4 is 0 Å². The van der Waals surface area contributed by atoms with E-state index < -0.39 is 18.3 Å². The third kappa shape index (κ3) is 2.41. The second-order valence-corrected chi connectivity index (χ2v) is 3.88. The van der Waals surface area contributed by atoms with Gasteiger partial charge in [0, 0.05) is 9.13 Å². The Morgan fingerprint density at radius 2 is 2.00 bits per heavy atom. The Hall–Kier alpha value is -0.810. The summed E-state index contributed by atoms with van der Waals surface area (Å²) in [6.07, 6.45) is -4.55. The average Bonchev–Trinajstić information content (AvgIpc) is 2.15. The van der Waals surface area contributed by atoms with E-state index in [1.807, 2.05) is 0 Å². The van der Waals surface area contributed by atoms with E-state index in [2.05, 4.69) is 0 Å². The molecule has 0 amide bonds. The second-order valence-electron chi connectivity index (χ2n) is 2.72. The molecule has 1 aromatic rings. The first-order valence-corrected chi connectivity index (χ1v) is 4.89. The number of nitriles is 1. The van der Waals surface area contributed by atoms with Crippen molar-refractivity contribution in [2.24, 2.45) is 0 Å². The molecule has 15 heavy (non-hydrogen) atoms. The molecule has 0 heterocycles. The molecule has 0 fully saturated rings. The zero-order valence-electron chi connectivity index (χ0n) is 7.27. The summed E-state index contributed by atoms with van der Waals surface area (Å²) in [5.41, 5.74) is -1.44. The van der Waals surface area contributed by atoms with Gasteiger partial charge in [-0.2, -0.15) is 18.4 Å². The van der Waals surface area contributed by atoms with Crippen molar-refractivity contribution in [1.29, 1.82) is 5.26 Å². The van der Waals surface area contributed by atoms with Crippen molar-refractivity contribution in [3.05, 3.63) is 32.4 Å². The molecular formula is C9H5F3INO. The van der Waals surface area contributed by atoms with Gasteiger partial charge in [-0.3, -0.25) is 0 Å². The Morgan fingerprint density at radius 3 is 2.40 bits per heavy atom. The van der Waals surface area contributed by atoms with Crippen molar-refractivity contribution in [3.63, 3.8) is 0 Å². The van der Waals surface area contributed by atoms with E-state index >= 15 is 0 Å². The van der Waals surface area contributed by atoms with Gasteiger partial charge in [-0.15, -0.1) is 0 Å². The first-order valence-electron chi connectivity index (χ1n) is 3.81. The number of nitrogens with zero attached hydrogens (tertiary/aromatic N) is 1. The topological polar surface area (TPSA) is 44.0 Å². The van der Waals surface area contributed by atoms with E-state index in [4.69, 9.17) is 10.4 Å². The number of halogens is 4. The molecule has 0 aromatic heterocycles. The maximum atomic E-state index is 12.5. The maximum absolute atomic E-state index is 12.5. The summed E-state index contributed by atoms with van der Waals surface area (Å²) >= 11 is 1.75. The van der Waals surface area contributed by atoms with Crippen molar-refractivity contribution in [2.45, 2.75) is 12.8 Å². The lowest BCUT2D eigenvalue weighted by molar-refractivity contribution is -0.138. The monoisotopic (exact) mass is 327 g/mol. The van der Waals surface area contributed by atoms with Crippen LogP contribution in [0, 0.1) is 14.9 Å². The van der Waals surface area contributed by atoms with Gasteiger partial charge in [0.05, 0.1) is 17.7 Å². The number of aliphatic hydroxyl groups excluding tert-OH is 1. The maximum Gasteiger partial charge on any atom is 0.416 e. The van der Waals surface area contributed by atoms with Crippen LogP contribution in [-0.4, -0.2) is 5.11 Å². The summed E-state index contributed by atoms with van der Waals surface area (Å²) < 4.78 is 37.8. The highest BCUT2D eigenvalue weighted by Crippen LogP contribution is 2.34. The molecule has 0 unspecified atom stereocenters. The predicted molar refractivity (Wildman–Crippen MR) is 54.8 cm³/mol. The van der Waals surface area contributed by atoms with Crippen LogP contribution in [0.1, 0.15) is 16.7 Å². The number of hydrogen-bond acceptors (Lipinski definition) is 2. The molecule has 0 saturated carbocycles. The molecule has 2 nitrogen and oxygen atoms in total. The number of hydrogen-bond donors (Lipinski definition) is 1. The predicted octanol–water partition coefficient (Wildman–Crippen LogP) is 2.67. The quantitative estimate of drug-likeness (QED) is 0.806. The molecule has 0 radical (unpaired) electrons. The van der Waals surface area contributed by atoms with Crippen LogP contribution in [-0.2, 0) is 12.8 Å². The van der Waals surface area contributed by atoms with Crippen molar-refractivity contribution < 1.29 is 18.3 Å². The SMILES string of the molecule is N#Cc1c(I)ccc(C(F)(F)F)c1CO. The van der Waals surface area contributed by atoms with Gasteiger partial charge in [-0.1, -0.05) is 0 Å². The van der Waals surface area contributed by atoms with Gasteiger partial charge in [0.25, 0.3) is 0 Å². The summed E-state index contributed by atoms with van der Waals surface area (Å²) in [5, 5.41) is 17.6. The number of aliphatic hydroxyl groups is 1. The lowest BCUT2D eigenvalue weighted by atomic mass is 10.0. The summed E-state index contributed by atoms with van der Waals surface area (Å²) in [6.45, 7) is -0.797. The van der Waals surface area contributed by atoms with Gasteiger partial charge in [-0.05, 0) is 34.7 Å². The van der Waals surface area contributed by atoms with Crippen LogP contribution in [0.5, 0.6) is 0 Å². The molecule has 0 atom stereocenters. The molecule has 6 heteroatoms. The van der Waals surface area contributed by atoms with Gasteiger partial charge in [-0.25, -0.2) is 0 Å². The summed E-state index contributed by atoms with van der Waals surface area (Å²) in [7, 11) is 0. The second kappa shape index (κ2) is 4.37. The third-order valence-electron chi connectivity index (χ3n) is 1.84. The third-order valence-corrected chi connectivity index (χ3v) is 2.74. The van der Waals surface area contributed by atoms with Crippen molar-refractivity contribution in [1.82, 2.24) is 0 Å². The minimum absolute atomic E-state index is 0.118. The Bertz CT molecular complexity index is 423. The van der Waals surface area contributed by atoms with Crippen LogP contribution in [0.4, 0.5) is 13.2 Å². The minimum Gasteiger partial charge on any atom is -0.392 e. The van der Waals surface area contributed by atoms with E-state index in [1.165, 1.54) is 6.07 Å². The Morgan fingerprint density at radius 1 is 1.40 bits per heavy atom. The van der Waals surface area contributed by atoms with Crippen molar-refractivity contribution in [2.75, 3.05) is 0 Å². The molecule has 0 aliphatic rings. The fraction of sp³-hybridized carbons (Fsp3) is 0.222. The summed E-state index contributed by atoms with van der Waals surface area (Å²) in [4.78, 5) is 0. The van der Waals surface area contributed by atoms with Crippen molar-refractivity contribution >= 4 is 22.6 Å². The molecule has 0 aliphatic carbocycles. The van der Waals surface area contributed by atoms with Gasteiger partial charge in [0.15, 0.2) is 0 Å². The highest BCUT2D eigenvalue weighted by atomic mass is 127. The molecule has 1 rings (SSSR count). The van der Waals surface area contributed by atoms with E-state index in [0.717, 1.165) is 6.07 Å². The molecule has 0 bridgehead atoms. The Labute approximate surface area is 97.5 Å². The summed E-state index contributed by atoms with van der Waals surface area (Å²) in [6, 6.07) is 3.74. The van der Waals surface area contributed by atoms with Gasteiger partial charge >= 0.3 is 6.18 Å².